The number of carbonyl (C=O) groups is 1. The molecular formula is C17H23NO2. The molecular weight excluding hydrogens is 250 g/mol. The Morgan fingerprint density at radius 1 is 1.30 bits per heavy atom. The average molecular weight is 273 g/mol. The van der Waals surface area contributed by atoms with Gasteiger partial charge in [-0.2, -0.15) is 5.26 Å². The van der Waals surface area contributed by atoms with E-state index in [0.29, 0.717) is 6.42 Å². The summed E-state index contributed by atoms with van der Waals surface area (Å²) in [6.07, 6.45) is 4.21. The van der Waals surface area contributed by atoms with E-state index in [-0.39, 0.29) is 18.5 Å². The molecule has 0 amide bonds. The summed E-state index contributed by atoms with van der Waals surface area (Å²) in [7, 11) is 0. The van der Waals surface area contributed by atoms with E-state index < -0.39 is 0 Å². The zero-order valence-corrected chi connectivity index (χ0v) is 12.4. The van der Waals surface area contributed by atoms with Crippen LogP contribution in [0.1, 0.15) is 50.7 Å². The van der Waals surface area contributed by atoms with Crippen molar-refractivity contribution in [3.63, 3.8) is 0 Å². The first-order chi connectivity index (χ1) is 9.72. The van der Waals surface area contributed by atoms with Gasteiger partial charge in [0.15, 0.2) is 0 Å². The zero-order chi connectivity index (χ0) is 14.8. The van der Waals surface area contributed by atoms with Crippen molar-refractivity contribution in [3.05, 3.63) is 35.4 Å². The number of hydrogen-bond donors (Lipinski definition) is 0. The molecule has 0 N–H and O–H groups in total. The SMILES string of the molecule is CCCCC(CC)C(=O)OCc1ccccc1CC#N. The van der Waals surface area contributed by atoms with Crippen LogP contribution in [0.15, 0.2) is 24.3 Å². The van der Waals surface area contributed by atoms with E-state index in [9.17, 15) is 4.79 Å². The summed E-state index contributed by atoms with van der Waals surface area (Å²) in [4.78, 5) is 12.0. The van der Waals surface area contributed by atoms with E-state index >= 15 is 0 Å². The van der Waals surface area contributed by atoms with Crippen molar-refractivity contribution < 1.29 is 9.53 Å². The van der Waals surface area contributed by atoms with Gasteiger partial charge in [-0.1, -0.05) is 51.0 Å². The van der Waals surface area contributed by atoms with Gasteiger partial charge < -0.3 is 4.74 Å². The molecule has 0 fully saturated rings. The maximum absolute atomic E-state index is 12.0. The first-order valence-electron chi connectivity index (χ1n) is 7.33. The summed E-state index contributed by atoms with van der Waals surface area (Å²) in [5.41, 5.74) is 1.86. The number of rotatable bonds is 8. The highest BCUT2D eigenvalue weighted by Gasteiger charge is 2.17. The van der Waals surface area contributed by atoms with Gasteiger partial charge in [0.1, 0.15) is 6.61 Å². The van der Waals surface area contributed by atoms with Crippen LogP contribution in [0.5, 0.6) is 0 Å². The monoisotopic (exact) mass is 273 g/mol. The largest absolute Gasteiger partial charge is 0.461 e. The fourth-order valence-corrected chi connectivity index (χ4v) is 2.16. The van der Waals surface area contributed by atoms with Gasteiger partial charge in [0, 0.05) is 0 Å². The molecule has 0 saturated heterocycles. The van der Waals surface area contributed by atoms with Crippen molar-refractivity contribution in [2.45, 2.75) is 52.6 Å². The highest BCUT2D eigenvalue weighted by Crippen LogP contribution is 2.17. The van der Waals surface area contributed by atoms with Crippen molar-refractivity contribution in [2.75, 3.05) is 0 Å². The van der Waals surface area contributed by atoms with Gasteiger partial charge in [-0.3, -0.25) is 4.79 Å². The van der Waals surface area contributed by atoms with E-state index in [4.69, 9.17) is 10.00 Å². The number of benzene rings is 1. The van der Waals surface area contributed by atoms with Gasteiger partial charge >= 0.3 is 5.97 Å². The third-order valence-corrected chi connectivity index (χ3v) is 3.49. The second-order valence-corrected chi connectivity index (χ2v) is 4.96. The molecule has 3 nitrogen and oxygen atoms in total. The Labute approximate surface area is 121 Å². The molecule has 0 radical (unpaired) electrons. The molecule has 20 heavy (non-hydrogen) atoms. The highest BCUT2D eigenvalue weighted by atomic mass is 16.5. The minimum atomic E-state index is -0.118. The quantitative estimate of drug-likeness (QED) is 0.672. The van der Waals surface area contributed by atoms with Crippen LogP contribution in [0.25, 0.3) is 0 Å². The number of hydrogen-bond acceptors (Lipinski definition) is 3. The molecule has 1 unspecified atom stereocenters. The third kappa shape index (κ3) is 5.05. The van der Waals surface area contributed by atoms with Crippen molar-refractivity contribution in [3.8, 4) is 6.07 Å². The van der Waals surface area contributed by atoms with E-state index in [1.54, 1.807) is 0 Å². The van der Waals surface area contributed by atoms with Crippen LogP contribution in [0.2, 0.25) is 0 Å². The molecule has 0 aliphatic heterocycles. The fraction of sp³-hybridized carbons (Fsp3) is 0.529. The predicted molar refractivity (Wildman–Crippen MR) is 78.9 cm³/mol. The topological polar surface area (TPSA) is 50.1 Å². The summed E-state index contributed by atoms with van der Waals surface area (Å²) in [6, 6.07) is 9.74. The van der Waals surface area contributed by atoms with Crippen molar-refractivity contribution in [1.29, 1.82) is 5.26 Å². The molecule has 0 aromatic heterocycles. The molecule has 0 bridgehead atoms. The van der Waals surface area contributed by atoms with Gasteiger partial charge in [0.05, 0.1) is 18.4 Å². The molecule has 1 rings (SSSR count). The Kier molecular flexibility index (Phi) is 7.42. The molecule has 1 aromatic carbocycles. The number of carbonyl (C=O) groups excluding carboxylic acids is 1. The van der Waals surface area contributed by atoms with Gasteiger partial charge in [-0.05, 0) is 24.0 Å². The third-order valence-electron chi connectivity index (χ3n) is 3.49. The lowest BCUT2D eigenvalue weighted by molar-refractivity contribution is -0.150. The van der Waals surface area contributed by atoms with Crippen molar-refractivity contribution in [2.24, 2.45) is 5.92 Å². The Hall–Kier alpha value is -1.82. The standard InChI is InChI=1S/C17H23NO2/c1-3-5-8-14(4-2)17(19)20-13-16-10-7-6-9-15(16)11-12-18/h6-7,9-10,14H,3-5,8,11,13H2,1-2H3. The van der Waals surface area contributed by atoms with Crippen LogP contribution >= 0.6 is 0 Å². The summed E-state index contributed by atoms with van der Waals surface area (Å²) < 4.78 is 5.42. The number of unbranched alkanes of at least 4 members (excludes halogenated alkanes) is 1. The predicted octanol–water partition coefficient (Wildman–Crippen LogP) is 4.01. The second-order valence-electron chi connectivity index (χ2n) is 4.96. The number of nitrogens with zero attached hydrogens (tertiary/aromatic N) is 1. The van der Waals surface area contributed by atoms with Crippen LogP contribution in [-0.4, -0.2) is 5.97 Å². The zero-order valence-electron chi connectivity index (χ0n) is 12.4. The maximum atomic E-state index is 12.0. The van der Waals surface area contributed by atoms with Crippen LogP contribution in [0, 0.1) is 17.2 Å². The summed E-state index contributed by atoms with van der Waals surface area (Å²) in [6.45, 7) is 4.40. The molecule has 3 heteroatoms. The molecule has 0 aliphatic carbocycles. The van der Waals surface area contributed by atoms with Crippen molar-refractivity contribution >= 4 is 5.97 Å². The normalized spacial score (nSPS) is 11.7. The van der Waals surface area contributed by atoms with Crippen LogP contribution in [-0.2, 0) is 22.6 Å². The van der Waals surface area contributed by atoms with Crippen LogP contribution in [0.3, 0.4) is 0 Å². The van der Waals surface area contributed by atoms with E-state index in [1.807, 2.05) is 31.2 Å². The molecule has 0 spiro atoms. The Balaban J connectivity index is 2.58. The minimum absolute atomic E-state index is 0.00178. The Bertz CT molecular complexity index is 462. The first-order valence-corrected chi connectivity index (χ1v) is 7.33. The lowest BCUT2D eigenvalue weighted by atomic mass is 9.99. The maximum Gasteiger partial charge on any atom is 0.309 e. The number of esters is 1. The number of ether oxygens (including phenoxy) is 1. The molecule has 0 heterocycles. The van der Waals surface area contributed by atoms with Gasteiger partial charge in [-0.15, -0.1) is 0 Å². The van der Waals surface area contributed by atoms with Crippen molar-refractivity contribution in [1.82, 2.24) is 0 Å². The Morgan fingerprint density at radius 3 is 2.60 bits per heavy atom. The van der Waals surface area contributed by atoms with Gasteiger partial charge in [0.25, 0.3) is 0 Å². The van der Waals surface area contributed by atoms with Crippen LogP contribution < -0.4 is 0 Å². The lowest BCUT2D eigenvalue weighted by Crippen LogP contribution is -2.17. The lowest BCUT2D eigenvalue weighted by Gasteiger charge is -2.14. The Morgan fingerprint density at radius 2 is 2.00 bits per heavy atom. The molecule has 0 saturated carbocycles. The van der Waals surface area contributed by atoms with E-state index in [2.05, 4.69) is 13.0 Å². The second kappa shape index (κ2) is 9.14. The van der Waals surface area contributed by atoms with E-state index in [0.717, 1.165) is 36.8 Å². The van der Waals surface area contributed by atoms with Crippen LogP contribution in [0.4, 0.5) is 0 Å². The minimum Gasteiger partial charge on any atom is -0.461 e. The number of nitriles is 1. The molecule has 0 aliphatic rings. The fourth-order valence-electron chi connectivity index (χ4n) is 2.16. The van der Waals surface area contributed by atoms with E-state index in [1.165, 1.54) is 0 Å². The smallest absolute Gasteiger partial charge is 0.309 e. The molecule has 1 aromatic rings. The van der Waals surface area contributed by atoms with Gasteiger partial charge in [-0.25, -0.2) is 0 Å². The summed E-state index contributed by atoms with van der Waals surface area (Å²) in [5, 5.41) is 8.79. The highest BCUT2D eigenvalue weighted by molar-refractivity contribution is 5.72. The van der Waals surface area contributed by atoms with Gasteiger partial charge in [0.2, 0.25) is 0 Å². The molecule has 108 valence electrons. The first kappa shape index (κ1) is 16.2. The summed E-state index contributed by atoms with van der Waals surface area (Å²) in [5.74, 6) is -0.120. The molecule has 1 atom stereocenters. The average Bonchev–Trinajstić information content (AvgIpc) is 2.47. The summed E-state index contributed by atoms with van der Waals surface area (Å²) >= 11 is 0.